The van der Waals surface area contributed by atoms with Gasteiger partial charge in [0.1, 0.15) is 0 Å². The Morgan fingerprint density at radius 2 is 2.30 bits per heavy atom. The Labute approximate surface area is 60.6 Å². The van der Waals surface area contributed by atoms with Crippen molar-refractivity contribution >= 4 is 6.21 Å². The summed E-state index contributed by atoms with van der Waals surface area (Å²) in [6.45, 7) is 0. The molecule has 0 amide bonds. The average Bonchev–Trinajstić information content (AvgIpc) is 1.95. The van der Waals surface area contributed by atoms with Crippen LogP contribution in [0, 0.1) is 0 Å². The highest BCUT2D eigenvalue weighted by Gasteiger charge is 2.01. The number of aliphatic imine (C=N–C) groups is 1. The smallest absolute Gasteiger partial charge is 0.0926 e. The summed E-state index contributed by atoms with van der Waals surface area (Å²) in [6, 6.07) is 0. The Kier molecular flexibility index (Phi) is 2.26. The first-order valence-electron chi connectivity index (χ1n) is 3.34. The molecule has 10 heavy (non-hydrogen) atoms. The minimum absolute atomic E-state index is 0.466. The highest BCUT2D eigenvalue weighted by atomic mass is 16.3. The fourth-order valence-electron chi connectivity index (χ4n) is 0.916. The maximum absolute atomic E-state index is 8.97. The van der Waals surface area contributed by atoms with Crippen molar-refractivity contribution < 1.29 is 5.11 Å². The van der Waals surface area contributed by atoms with E-state index in [4.69, 9.17) is 5.11 Å². The topological polar surface area (TPSA) is 32.6 Å². The molecule has 0 aromatic carbocycles. The Bertz CT molecular complexity index is 201. The van der Waals surface area contributed by atoms with E-state index < -0.39 is 0 Å². The van der Waals surface area contributed by atoms with Gasteiger partial charge in [-0.05, 0) is 18.1 Å². The highest BCUT2D eigenvalue weighted by molar-refractivity contribution is 5.79. The lowest BCUT2D eigenvalue weighted by molar-refractivity contribution is 0.387. The Balaban J connectivity index is 2.64. The molecule has 1 rings (SSSR count). The molecule has 2 heteroatoms. The standard InChI is InChI=1S/C8H11NO/c1-9-6-7-2-4-8(10)5-3-7/h2,4,6,10H,3,5H2,1H3/b9-6+. The summed E-state index contributed by atoms with van der Waals surface area (Å²) in [5, 5.41) is 8.97. The van der Waals surface area contributed by atoms with Gasteiger partial charge in [0.25, 0.3) is 0 Å². The molecule has 1 N–H and O–H groups in total. The number of aliphatic hydroxyl groups is 1. The summed E-state index contributed by atoms with van der Waals surface area (Å²) >= 11 is 0. The lowest BCUT2D eigenvalue weighted by Gasteiger charge is -2.05. The second kappa shape index (κ2) is 3.20. The van der Waals surface area contributed by atoms with Crippen LogP contribution in [-0.4, -0.2) is 18.4 Å². The Morgan fingerprint density at radius 1 is 1.50 bits per heavy atom. The summed E-state index contributed by atoms with van der Waals surface area (Å²) in [4.78, 5) is 3.88. The van der Waals surface area contributed by atoms with Crippen molar-refractivity contribution in [1.82, 2.24) is 0 Å². The van der Waals surface area contributed by atoms with Crippen LogP contribution in [0.1, 0.15) is 12.8 Å². The summed E-state index contributed by atoms with van der Waals surface area (Å²) in [5.41, 5.74) is 1.18. The van der Waals surface area contributed by atoms with Crippen LogP contribution in [0.4, 0.5) is 0 Å². The first-order valence-corrected chi connectivity index (χ1v) is 3.34. The molecule has 0 aliphatic heterocycles. The zero-order chi connectivity index (χ0) is 7.40. The minimum Gasteiger partial charge on any atom is -0.512 e. The average molecular weight is 137 g/mol. The molecular formula is C8H11NO. The van der Waals surface area contributed by atoms with Crippen LogP contribution in [0.2, 0.25) is 0 Å². The van der Waals surface area contributed by atoms with E-state index in [1.165, 1.54) is 5.57 Å². The molecule has 0 saturated carbocycles. The van der Waals surface area contributed by atoms with Gasteiger partial charge in [-0.3, -0.25) is 4.99 Å². The van der Waals surface area contributed by atoms with Crippen LogP contribution in [-0.2, 0) is 0 Å². The van der Waals surface area contributed by atoms with Gasteiger partial charge in [-0.25, -0.2) is 0 Å². The summed E-state index contributed by atoms with van der Waals surface area (Å²) in [5.74, 6) is 0.466. The molecule has 0 aromatic rings. The van der Waals surface area contributed by atoms with Gasteiger partial charge in [0, 0.05) is 19.7 Å². The van der Waals surface area contributed by atoms with Crippen molar-refractivity contribution in [3.8, 4) is 0 Å². The van der Waals surface area contributed by atoms with E-state index in [1.54, 1.807) is 13.1 Å². The number of allylic oxidation sites excluding steroid dienone is 4. The molecule has 1 aliphatic rings. The van der Waals surface area contributed by atoms with Crippen LogP contribution in [0.3, 0.4) is 0 Å². The highest BCUT2D eigenvalue weighted by Crippen LogP contribution is 2.14. The molecule has 0 saturated heterocycles. The SMILES string of the molecule is C/N=C/C1=CC=C(O)CC1. The third kappa shape index (κ3) is 1.72. The number of nitrogens with zero attached hydrogens (tertiary/aromatic N) is 1. The van der Waals surface area contributed by atoms with Crippen LogP contribution in [0.25, 0.3) is 0 Å². The van der Waals surface area contributed by atoms with Gasteiger partial charge >= 0.3 is 0 Å². The molecule has 1 aliphatic carbocycles. The van der Waals surface area contributed by atoms with Gasteiger partial charge in [-0.15, -0.1) is 0 Å². The van der Waals surface area contributed by atoms with E-state index >= 15 is 0 Å². The fraction of sp³-hybridized carbons (Fsp3) is 0.375. The maximum Gasteiger partial charge on any atom is 0.0926 e. The molecule has 0 spiro atoms. The van der Waals surface area contributed by atoms with Crippen molar-refractivity contribution in [3.05, 3.63) is 23.5 Å². The number of rotatable bonds is 1. The minimum atomic E-state index is 0.466. The van der Waals surface area contributed by atoms with Crippen molar-refractivity contribution in [2.75, 3.05) is 7.05 Å². The van der Waals surface area contributed by atoms with Gasteiger partial charge in [0.2, 0.25) is 0 Å². The second-order valence-corrected chi connectivity index (χ2v) is 2.29. The predicted molar refractivity (Wildman–Crippen MR) is 42.4 cm³/mol. The zero-order valence-electron chi connectivity index (χ0n) is 6.04. The van der Waals surface area contributed by atoms with Gasteiger partial charge in [0.15, 0.2) is 0 Å². The quantitative estimate of drug-likeness (QED) is 0.549. The van der Waals surface area contributed by atoms with E-state index in [0.29, 0.717) is 5.76 Å². The summed E-state index contributed by atoms with van der Waals surface area (Å²) in [6.07, 6.45) is 7.09. The van der Waals surface area contributed by atoms with E-state index in [9.17, 15) is 0 Å². The van der Waals surface area contributed by atoms with E-state index in [0.717, 1.165) is 12.8 Å². The monoisotopic (exact) mass is 137 g/mol. The lowest BCUT2D eigenvalue weighted by Crippen LogP contribution is -1.93. The molecule has 0 fully saturated rings. The summed E-state index contributed by atoms with van der Waals surface area (Å²) < 4.78 is 0. The number of hydrogen-bond donors (Lipinski definition) is 1. The van der Waals surface area contributed by atoms with E-state index in [2.05, 4.69) is 4.99 Å². The van der Waals surface area contributed by atoms with Crippen molar-refractivity contribution in [3.63, 3.8) is 0 Å². The van der Waals surface area contributed by atoms with Gasteiger partial charge in [-0.1, -0.05) is 6.08 Å². The van der Waals surface area contributed by atoms with Crippen LogP contribution in [0.15, 0.2) is 28.5 Å². The van der Waals surface area contributed by atoms with Gasteiger partial charge in [0.05, 0.1) is 5.76 Å². The van der Waals surface area contributed by atoms with Crippen molar-refractivity contribution in [2.24, 2.45) is 4.99 Å². The molecule has 2 nitrogen and oxygen atoms in total. The normalized spacial score (nSPS) is 18.9. The maximum atomic E-state index is 8.97. The molecule has 0 atom stereocenters. The molecule has 0 aromatic heterocycles. The number of hydrogen-bond acceptors (Lipinski definition) is 2. The third-order valence-electron chi connectivity index (χ3n) is 1.45. The Hall–Kier alpha value is -1.05. The van der Waals surface area contributed by atoms with E-state index in [1.807, 2.05) is 12.3 Å². The largest absolute Gasteiger partial charge is 0.512 e. The lowest BCUT2D eigenvalue weighted by atomic mass is 10.1. The van der Waals surface area contributed by atoms with Crippen molar-refractivity contribution in [2.45, 2.75) is 12.8 Å². The molecule has 0 bridgehead atoms. The van der Waals surface area contributed by atoms with Gasteiger partial charge < -0.3 is 5.11 Å². The molecular weight excluding hydrogens is 126 g/mol. The molecule has 54 valence electrons. The Morgan fingerprint density at radius 3 is 2.80 bits per heavy atom. The van der Waals surface area contributed by atoms with Crippen LogP contribution < -0.4 is 0 Å². The second-order valence-electron chi connectivity index (χ2n) is 2.29. The van der Waals surface area contributed by atoms with Crippen LogP contribution in [0.5, 0.6) is 0 Å². The van der Waals surface area contributed by atoms with Crippen molar-refractivity contribution in [1.29, 1.82) is 0 Å². The molecule has 0 radical (unpaired) electrons. The van der Waals surface area contributed by atoms with Gasteiger partial charge in [-0.2, -0.15) is 0 Å². The summed E-state index contributed by atoms with van der Waals surface area (Å²) in [7, 11) is 1.75. The first-order chi connectivity index (χ1) is 4.83. The molecule has 0 unspecified atom stereocenters. The predicted octanol–water partition coefficient (Wildman–Crippen LogP) is 1.85. The zero-order valence-corrected chi connectivity index (χ0v) is 6.04. The number of aliphatic hydroxyl groups excluding tert-OH is 1. The molecule has 0 heterocycles. The fourth-order valence-corrected chi connectivity index (χ4v) is 0.916. The van der Waals surface area contributed by atoms with E-state index in [-0.39, 0.29) is 0 Å². The third-order valence-corrected chi connectivity index (χ3v) is 1.45. The van der Waals surface area contributed by atoms with Crippen LogP contribution >= 0.6 is 0 Å². The first kappa shape index (κ1) is 7.06.